The van der Waals surface area contributed by atoms with Crippen LogP contribution < -0.4 is 0 Å². The van der Waals surface area contributed by atoms with Crippen LogP contribution in [0.15, 0.2) is 0 Å². The highest BCUT2D eigenvalue weighted by atomic mass is 16.5. The van der Waals surface area contributed by atoms with Crippen LogP contribution in [0.4, 0.5) is 0 Å². The minimum absolute atomic E-state index is 0.0228. The van der Waals surface area contributed by atoms with E-state index in [1.165, 1.54) is 0 Å². The monoisotopic (exact) mass is 128 g/mol. The number of carbonyl (C=O) groups excluding carboxylic acids is 2. The number of carbonyl (C=O) groups is 2. The van der Waals surface area contributed by atoms with Crippen LogP contribution in [0.3, 0.4) is 0 Å². The van der Waals surface area contributed by atoms with Gasteiger partial charge in [-0.3, -0.25) is 9.59 Å². The average Bonchev–Trinajstić information content (AvgIpc) is 1.80. The van der Waals surface area contributed by atoms with Gasteiger partial charge >= 0.3 is 5.97 Å². The standard InChI is InChI=1S/C6H8O3/c1-4-5(7)2-3-6(8)9-4/h4H,2-3H2,1H3. The molecule has 0 aromatic heterocycles. The number of hydrogen-bond donors (Lipinski definition) is 0. The maximum absolute atomic E-state index is 10.7. The van der Waals surface area contributed by atoms with E-state index in [0.29, 0.717) is 6.42 Å². The van der Waals surface area contributed by atoms with Gasteiger partial charge in [-0.1, -0.05) is 0 Å². The van der Waals surface area contributed by atoms with Crippen molar-refractivity contribution < 1.29 is 14.3 Å². The van der Waals surface area contributed by atoms with E-state index in [9.17, 15) is 9.59 Å². The summed E-state index contributed by atoms with van der Waals surface area (Å²) in [5.41, 5.74) is 0. The zero-order valence-electron chi connectivity index (χ0n) is 5.22. The van der Waals surface area contributed by atoms with Crippen molar-refractivity contribution in [2.24, 2.45) is 0 Å². The van der Waals surface area contributed by atoms with Crippen molar-refractivity contribution in [1.29, 1.82) is 0 Å². The highest BCUT2D eigenvalue weighted by Gasteiger charge is 2.23. The third kappa shape index (κ3) is 1.28. The second-order valence-electron chi connectivity index (χ2n) is 2.10. The third-order valence-electron chi connectivity index (χ3n) is 1.34. The predicted molar refractivity (Wildman–Crippen MR) is 29.8 cm³/mol. The minimum atomic E-state index is -0.508. The van der Waals surface area contributed by atoms with Gasteiger partial charge in [0.05, 0.1) is 6.42 Å². The molecule has 0 radical (unpaired) electrons. The van der Waals surface area contributed by atoms with Crippen LogP contribution in [-0.4, -0.2) is 17.9 Å². The van der Waals surface area contributed by atoms with E-state index in [1.54, 1.807) is 6.92 Å². The third-order valence-corrected chi connectivity index (χ3v) is 1.34. The van der Waals surface area contributed by atoms with E-state index < -0.39 is 6.10 Å². The van der Waals surface area contributed by atoms with Gasteiger partial charge in [0.15, 0.2) is 11.9 Å². The molecule has 1 aliphatic heterocycles. The fourth-order valence-electron chi connectivity index (χ4n) is 0.750. The zero-order chi connectivity index (χ0) is 6.85. The molecule has 1 saturated heterocycles. The molecule has 0 spiro atoms. The Balaban J connectivity index is 2.54. The average molecular weight is 128 g/mol. The topological polar surface area (TPSA) is 43.4 Å². The van der Waals surface area contributed by atoms with Crippen molar-refractivity contribution in [1.82, 2.24) is 0 Å². The molecule has 1 heterocycles. The molecule has 0 aromatic rings. The Bertz CT molecular complexity index is 150. The SMILES string of the molecule is CC1OC(=O)CCC1=O. The molecule has 1 aliphatic rings. The summed E-state index contributed by atoms with van der Waals surface area (Å²) in [6.07, 6.45) is 0.0923. The summed E-state index contributed by atoms with van der Waals surface area (Å²) in [7, 11) is 0. The predicted octanol–water partition coefficient (Wildman–Crippen LogP) is 0.281. The molecule has 0 bridgehead atoms. The molecule has 1 unspecified atom stereocenters. The summed E-state index contributed by atoms with van der Waals surface area (Å²) in [5.74, 6) is -0.239. The van der Waals surface area contributed by atoms with Crippen LogP contribution >= 0.6 is 0 Å². The number of rotatable bonds is 0. The summed E-state index contributed by atoms with van der Waals surface area (Å²) in [4.78, 5) is 21.1. The second kappa shape index (κ2) is 2.17. The fraction of sp³-hybridized carbons (Fsp3) is 0.667. The van der Waals surface area contributed by atoms with Crippen LogP contribution in [0.1, 0.15) is 19.8 Å². The highest BCUT2D eigenvalue weighted by Crippen LogP contribution is 2.08. The van der Waals surface area contributed by atoms with E-state index in [4.69, 9.17) is 0 Å². The van der Waals surface area contributed by atoms with Gasteiger partial charge in [0.25, 0.3) is 0 Å². The van der Waals surface area contributed by atoms with Crippen LogP contribution in [0.2, 0.25) is 0 Å². The summed E-state index contributed by atoms with van der Waals surface area (Å²) in [6.45, 7) is 1.60. The van der Waals surface area contributed by atoms with E-state index >= 15 is 0 Å². The molecule has 1 fully saturated rings. The van der Waals surface area contributed by atoms with Crippen LogP contribution in [0, 0.1) is 0 Å². The summed E-state index contributed by atoms with van der Waals surface area (Å²) in [5, 5.41) is 0. The van der Waals surface area contributed by atoms with E-state index in [-0.39, 0.29) is 18.2 Å². The number of ether oxygens (including phenoxy) is 1. The molecule has 0 amide bonds. The lowest BCUT2D eigenvalue weighted by atomic mass is 10.1. The molecular weight excluding hydrogens is 120 g/mol. The quantitative estimate of drug-likeness (QED) is 0.440. The van der Waals surface area contributed by atoms with Crippen molar-refractivity contribution in [3.8, 4) is 0 Å². The van der Waals surface area contributed by atoms with Gasteiger partial charge in [-0.25, -0.2) is 0 Å². The van der Waals surface area contributed by atoms with Crippen molar-refractivity contribution in [2.75, 3.05) is 0 Å². The van der Waals surface area contributed by atoms with Crippen molar-refractivity contribution in [2.45, 2.75) is 25.9 Å². The maximum Gasteiger partial charge on any atom is 0.306 e. The number of ketones is 1. The van der Waals surface area contributed by atoms with Gasteiger partial charge in [0, 0.05) is 6.42 Å². The molecule has 3 nitrogen and oxygen atoms in total. The molecule has 9 heavy (non-hydrogen) atoms. The molecule has 0 aromatic carbocycles. The van der Waals surface area contributed by atoms with Gasteiger partial charge in [-0.15, -0.1) is 0 Å². The fourth-order valence-corrected chi connectivity index (χ4v) is 0.750. The summed E-state index contributed by atoms with van der Waals surface area (Å²) in [6, 6.07) is 0. The molecule has 50 valence electrons. The Hall–Kier alpha value is -0.860. The van der Waals surface area contributed by atoms with E-state index in [2.05, 4.69) is 4.74 Å². The second-order valence-corrected chi connectivity index (χ2v) is 2.10. The smallest absolute Gasteiger partial charge is 0.306 e. The van der Waals surface area contributed by atoms with Crippen LogP contribution in [0.25, 0.3) is 0 Å². The van der Waals surface area contributed by atoms with Gasteiger partial charge in [0.2, 0.25) is 0 Å². The normalized spacial score (nSPS) is 27.9. The van der Waals surface area contributed by atoms with Gasteiger partial charge in [-0.05, 0) is 6.92 Å². The lowest BCUT2D eigenvalue weighted by molar-refractivity contribution is -0.159. The summed E-state index contributed by atoms with van der Waals surface area (Å²) >= 11 is 0. The molecular formula is C6H8O3. The minimum Gasteiger partial charge on any atom is -0.455 e. The number of Topliss-reactive ketones (excluding diaryl/α,β-unsaturated/α-hetero) is 1. The lowest BCUT2D eigenvalue weighted by Gasteiger charge is -2.16. The maximum atomic E-state index is 10.7. The Morgan fingerprint density at radius 1 is 1.44 bits per heavy atom. The van der Waals surface area contributed by atoms with Crippen molar-refractivity contribution >= 4 is 11.8 Å². The Labute approximate surface area is 53.0 Å². The molecule has 1 rings (SSSR count). The first-order valence-electron chi connectivity index (χ1n) is 2.92. The Morgan fingerprint density at radius 2 is 2.11 bits per heavy atom. The molecule has 3 heteroatoms. The van der Waals surface area contributed by atoms with E-state index in [1.807, 2.05) is 0 Å². The summed E-state index contributed by atoms with van der Waals surface area (Å²) < 4.78 is 4.61. The van der Waals surface area contributed by atoms with Gasteiger partial charge < -0.3 is 4.74 Å². The highest BCUT2D eigenvalue weighted by molar-refractivity contribution is 5.90. The van der Waals surface area contributed by atoms with Crippen molar-refractivity contribution in [3.63, 3.8) is 0 Å². The Morgan fingerprint density at radius 3 is 2.56 bits per heavy atom. The van der Waals surface area contributed by atoms with Crippen LogP contribution in [0.5, 0.6) is 0 Å². The van der Waals surface area contributed by atoms with E-state index in [0.717, 1.165) is 0 Å². The lowest BCUT2D eigenvalue weighted by Crippen LogP contribution is -2.29. The first-order valence-corrected chi connectivity index (χ1v) is 2.92. The first-order chi connectivity index (χ1) is 4.20. The largest absolute Gasteiger partial charge is 0.455 e. The zero-order valence-corrected chi connectivity index (χ0v) is 5.22. The molecule has 1 atom stereocenters. The van der Waals surface area contributed by atoms with Gasteiger partial charge in [0.1, 0.15) is 0 Å². The molecule has 0 saturated carbocycles. The molecule has 0 aliphatic carbocycles. The molecule has 0 N–H and O–H groups in total. The number of hydrogen-bond acceptors (Lipinski definition) is 3. The Kier molecular flexibility index (Phi) is 1.51. The van der Waals surface area contributed by atoms with Crippen LogP contribution in [-0.2, 0) is 14.3 Å². The van der Waals surface area contributed by atoms with Crippen molar-refractivity contribution in [3.05, 3.63) is 0 Å². The number of esters is 1. The van der Waals surface area contributed by atoms with Gasteiger partial charge in [-0.2, -0.15) is 0 Å². The number of cyclic esters (lactones) is 1. The first kappa shape index (κ1) is 6.26.